The van der Waals surface area contributed by atoms with Crippen LogP contribution < -0.4 is 5.32 Å². The van der Waals surface area contributed by atoms with Crippen LogP contribution in [0.4, 0.5) is 0 Å². The van der Waals surface area contributed by atoms with Gasteiger partial charge in [0.1, 0.15) is 12.6 Å². The summed E-state index contributed by atoms with van der Waals surface area (Å²) in [6.07, 6.45) is 2.03. The lowest BCUT2D eigenvalue weighted by Crippen LogP contribution is -2.44. The minimum Gasteiger partial charge on any atom is -0.477 e. The first-order valence-electron chi connectivity index (χ1n) is 6.91. The molecular formula is C14H26N2O2. The van der Waals surface area contributed by atoms with Gasteiger partial charge in [-0.3, -0.25) is 4.79 Å². The van der Waals surface area contributed by atoms with Crippen molar-refractivity contribution in [3.63, 3.8) is 0 Å². The van der Waals surface area contributed by atoms with Crippen LogP contribution in [0.25, 0.3) is 0 Å². The van der Waals surface area contributed by atoms with Crippen LogP contribution in [0.15, 0.2) is 4.99 Å². The lowest BCUT2D eigenvalue weighted by molar-refractivity contribution is -0.119. The topological polar surface area (TPSA) is 50.7 Å². The molecule has 0 bridgehead atoms. The fraction of sp³-hybridized carbons (Fsp3) is 0.857. The predicted octanol–water partition coefficient (Wildman–Crippen LogP) is 2.38. The first kappa shape index (κ1) is 15.0. The molecule has 0 aromatic heterocycles. The molecule has 1 rings (SSSR count). The lowest BCUT2D eigenvalue weighted by Gasteiger charge is -2.22. The van der Waals surface area contributed by atoms with E-state index in [2.05, 4.69) is 38.0 Å². The summed E-state index contributed by atoms with van der Waals surface area (Å²) in [4.78, 5) is 15.9. The Bertz CT molecular complexity index is 313. The standard InChI is InChI=1S/C14H26N2O2/c1-6-10(4)13(15-11(5)17)14-16-12(8-18-14)7-9(2)3/h9-10,12-13H,6-8H2,1-5H3,(H,15,17)/t10?,12-,13+/m1/s1. The maximum absolute atomic E-state index is 11.3. The molecule has 4 heteroatoms. The van der Waals surface area contributed by atoms with Gasteiger partial charge in [0, 0.05) is 6.92 Å². The van der Waals surface area contributed by atoms with Crippen molar-refractivity contribution in [2.45, 2.75) is 59.5 Å². The molecule has 0 aliphatic carbocycles. The highest BCUT2D eigenvalue weighted by Gasteiger charge is 2.30. The number of rotatable bonds is 6. The molecule has 104 valence electrons. The van der Waals surface area contributed by atoms with Crippen LogP contribution in [-0.2, 0) is 9.53 Å². The third-order valence-corrected chi connectivity index (χ3v) is 3.31. The van der Waals surface area contributed by atoms with Gasteiger partial charge in [-0.2, -0.15) is 0 Å². The SMILES string of the molecule is CCC(C)[C@H](NC(C)=O)C1=N[C@H](CC(C)C)CO1. The van der Waals surface area contributed by atoms with Crippen LogP contribution in [0, 0.1) is 11.8 Å². The Morgan fingerprint density at radius 1 is 1.50 bits per heavy atom. The summed E-state index contributed by atoms with van der Waals surface area (Å²) in [5.41, 5.74) is 0. The van der Waals surface area contributed by atoms with Crippen molar-refractivity contribution >= 4 is 11.8 Å². The van der Waals surface area contributed by atoms with Gasteiger partial charge in [0.25, 0.3) is 0 Å². The zero-order chi connectivity index (χ0) is 13.7. The Balaban J connectivity index is 2.71. The van der Waals surface area contributed by atoms with Crippen LogP contribution in [-0.4, -0.2) is 30.5 Å². The molecular weight excluding hydrogens is 228 g/mol. The third kappa shape index (κ3) is 4.31. The number of aliphatic imine (C=N–C) groups is 1. The second-order valence-corrected chi connectivity index (χ2v) is 5.63. The molecule has 0 saturated heterocycles. The second-order valence-electron chi connectivity index (χ2n) is 5.63. The van der Waals surface area contributed by atoms with Crippen molar-refractivity contribution < 1.29 is 9.53 Å². The summed E-state index contributed by atoms with van der Waals surface area (Å²) >= 11 is 0. The average Bonchev–Trinajstić information content (AvgIpc) is 2.72. The van der Waals surface area contributed by atoms with Gasteiger partial charge in [-0.25, -0.2) is 4.99 Å². The Morgan fingerprint density at radius 2 is 2.17 bits per heavy atom. The molecule has 4 nitrogen and oxygen atoms in total. The summed E-state index contributed by atoms with van der Waals surface area (Å²) in [6, 6.07) is 0.171. The van der Waals surface area contributed by atoms with Crippen LogP contribution >= 0.6 is 0 Å². The van der Waals surface area contributed by atoms with Gasteiger partial charge < -0.3 is 10.1 Å². The maximum atomic E-state index is 11.3. The van der Waals surface area contributed by atoms with E-state index in [9.17, 15) is 4.79 Å². The first-order chi connectivity index (χ1) is 8.43. The Hall–Kier alpha value is -1.06. The van der Waals surface area contributed by atoms with Crippen LogP contribution in [0.5, 0.6) is 0 Å². The highest BCUT2D eigenvalue weighted by molar-refractivity contribution is 5.88. The van der Waals surface area contributed by atoms with Crippen molar-refractivity contribution in [1.82, 2.24) is 5.32 Å². The normalized spacial score (nSPS) is 22.3. The van der Waals surface area contributed by atoms with Gasteiger partial charge in [0.15, 0.2) is 0 Å². The molecule has 1 amide bonds. The van der Waals surface area contributed by atoms with Gasteiger partial charge in [-0.1, -0.05) is 34.1 Å². The molecule has 0 aromatic carbocycles. The number of amides is 1. The van der Waals surface area contributed by atoms with E-state index < -0.39 is 0 Å². The number of hydrogen-bond donors (Lipinski definition) is 1. The minimum atomic E-state index is -0.0790. The maximum Gasteiger partial charge on any atom is 0.217 e. The van der Waals surface area contributed by atoms with Crippen molar-refractivity contribution in [2.75, 3.05) is 6.61 Å². The average molecular weight is 254 g/mol. The lowest BCUT2D eigenvalue weighted by atomic mass is 9.99. The Labute approximate surface area is 110 Å². The highest BCUT2D eigenvalue weighted by Crippen LogP contribution is 2.19. The molecule has 0 fully saturated rings. The van der Waals surface area contributed by atoms with Crippen molar-refractivity contribution in [3.8, 4) is 0 Å². The largest absolute Gasteiger partial charge is 0.477 e. The number of carbonyl (C=O) groups excluding carboxylic acids is 1. The Morgan fingerprint density at radius 3 is 2.67 bits per heavy atom. The van der Waals surface area contributed by atoms with Gasteiger partial charge in [0.2, 0.25) is 11.8 Å². The number of nitrogens with zero attached hydrogens (tertiary/aromatic N) is 1. The molecule has 0 radical (unpaired) electrons. The van der Waals surface area contributed by atoms with Crippen molar-refractivity contribution in [3.05, 3.63) is 0 Å². The van der Waals surface area contributed by atoms with Crippen molar-refractivity contribution in [1.29, 1.82) is 0 Å². The van der Waals surface area contributed by atoms with E-state index in [1.807, 2.05) is 0 Å². The quantitative estimate of drug-likeness (QED) is 0.791. The highest BCUT2D eigenvalue weighted by atomic mass is 16.5. The van der Waals surface area contributed by atoms with Gasteiger partial charge in [-0.15, -0.1) is 0 Å². The smallest absolute Gasteiger partial charge is 0.217 e. The van der Waals surface area contributed by atoms with E-state index in [1.165, 1.54) is 6.92 Å². The summed E-state index contributed by atoms with van der Waals surface area (Å²) in [6.45, 7) is 10.8. The van der Waals surface area contributed by atoms with Crippen LogP contribution in [0.2, 0.25) is 0 Å². The number of carbonyl (C=O) groups is 1. The molecule has 0 saturated carbocycles. The summed E-state index contributed by atoms with van der Waals surface area (Å²) in [5, 5.41) is 2.95. The molecule has 0 aromatic rings. The third-order valence-electron chi connectivity index (χ3n) is 3.31. The van der Waals surface area contributed by atoms with E-state index in [0.29, 0.717) is 24.3 Å². The van der Waals surface area contributed by atoms with Crippen LogP contribution in [0.1, 0.15) is 47.5 Å². The first-order valence-corrected chi connectivity index (χ1v) is 6.91. The zero-order valence-corrected chi connectivity index (χ0v) is 12.2. The molecule has 1 N–H and O–H groups in total. The van der Waals surface area contributed by atoms with Crippen molar-refractivity contribution in [2.24, 2.45) is 16.8 Å². The number of ether oxygens (including phenoxy) is 1. The molecule has 18 heavy (non-hydrogen) atoms. The number of hydrogen-bond acceptors (Lipinski definition) is 3. The Kier molecular flexibility index (Phi) is 5.63. The minimum absolute atomic E-state index is 0.0288. The van der Waals surface area contributed by atoms with Gasteiger partial charge in [0.05, 0.1) is 6.04 Å². The summed E-state index contributed by atoms with van der Waals surface area (Å²) < 4.78 is 5.69. The number of nitrogens with one attached hydrogen (secondary N) is 1. The van der Waals surface area contributed by atoms with E-state index >= 15 is 0 Å². The van der Waals surface area contributed by atoms with E-state index in [4.69, 9.17) is 4.74 Å². The summed E-state index contributed by atoms with van der Waals surface area (Å²) in [7, 11) is 0. The zero-order valence-electron chi connectivity index (χ0n) is 12.2. The molecule has 1 aliphatic rings. The fourth-order valence-corrected chi connectivity index (χ4v) is 2.17. The van der Waals surface area contributed by atoms with Crippen LogP contribution in [0.3, 0.4) is 0 Å². The molecule has 3 atom stereocenters. The van der Waals surface area contributed by atoms with E-state index in [0.717, 1.165) is 12.8 Å². The molecule has 0 spiro atoms. The molecule has 1 heterocycles. The predicted molar refractivity (Wildman–Crippen MR) is 73.7 cm³/mol. The van der Waals surface area contributed by atoms with E-state index in [1.54, 1.807) is 0 Å². The van der Waals surface area contributed by atoms with Gasteiger partial charge >= 0.3 is 0 Å². The second kappa shape index (κ2) is 6.76. The monoisotopic (exact) mass is 254 g/mol. The fourth-order valence-electron chi connectivity index (χ4n) is 2.17. The molecule has 1 unspecified atom stereocenters. The van der Waals surface area contributed by atoms with E-state index in [-0.39, 0.29) is 18.0 Å². The molecule has 1 aliphatic heterocycles. The summed E-state index contributed by atoms with van der Waals surface area (Å²) in [5.74, 6) is 1.64. The van der Waals surface area contributed by atoms with Gasteiger partial charge in [-0.05, 0) is 18.3 Å².